The van der Waals surface area contributed by atoms with Crippen molar-refractivity contribution in [2.75, 3.05) is 5.75 Å². The van der Waals surface area contributed by atoms with Crippen molar-refractivity contribution in [3.8, 4) is 0 Å². The molecule has 0 bridgehead atoms. The van der Waals surface area contributed by atoms with Crippen LogP contribution in [-0.4, -0.2) is 14.2 Å². The summed E-state index contributed by atoms with van der Waals surface area (Å²) >= 11 is 0. The zero-order valence-electron chi connectivity index (χ0n) is 6.19. The van der Waals surface area contributed by atoms with E-state index in [1.807, 2.05) is 4.58 Å². The second-order valence-corrected chi connectivity index (χ2v) is 3.87. The van der Waals surface area contributed by atoms with Crippen molar-refractivity contribution in [2.45, 2.75) is 19.3 Å². The second kappa shape index (κ2) is 5.01. The fourth-order valence-corrected chi connectivity index (χ4v) is 1.25. The summed E-state index contributed by atoms with van der Waals surface area (Å²) in [6.07, 6.45) is 3.69. The molecule has 0 aliphatic carbocycles. The number of unbranched alkanes of at least 4 members (excludes halogenated alkanes) is 2. The van der Waals surface area contributed by atoms with Gasteiger partial charge >= 0.3 is 0 Å². The van der Waals surface area contributed by atoms with Crippen LogP contribution < -0.4 is 0 Å². The van der Waals surface area contributed by atoms with Crippen LogP contribution in [0.15, 0.2) is 17.2 Å². The SMILES string of the molecule is C=CCCCCS(=O)(=O)N=O. The number of nitrogens with zero attached hydrogens (tertiary/aromatic N) is 1. The molecular formula is C6H11NO3S. The first kappa shape index (κ1) is 10.3. The molecule has 0 heterocycles. The van der Waals surface area contributed by atoms with E-state index in [9.17, 15) is 13.3 Å². The summed E-state index contributed by atoms with van der Waals surface area (Å²) in [5.74, 6) is -0.148. The lowest BCUT2D eigenvalue weighted by Gasteiger charge is -1.92. The molecule has 4 nitrogen and oxygen atoms in total. The van der Waals surface area contributed by atoms with Crippen LogP contribution in [0.4, 0.5) is 0 Å². The van der Waals surface area contributed by atoms with Gasteiger partial charge in [-0.25, -0.2) is 8.42 Å². The van der Waals surface area contributed by atoms with Crippen LogP contribution in [0.2, 0.25) is 0 Å². The van der Waals surface area contributed by atoms with E-state index in [0.717, 1.165) is 12.8 Å². The van der Waals surface area contributed by atoms with Gasteiger partial charge in [0.2, 0.25) is 0 Å². The largest absolute Gasteiger partial charge is 0.288 e. The fraction of sp³-hybridized carbons (Fsp3) is 0.667. The van der Waals surface area contributed by atoms with E-state index in [2.05, 4.69) is 6.58 Å². The van der Waals surface area contributed by atoms with Crippen molar-refractivity contribution in [2.24, 2.45) is 4.58 Å². The maximum atomic E-state index is 10.5. The first-order valence-electron chi connectivity index (χ1n) is 3.30. The number of sulfonamides is 1. The normalized spacial score (nSPS) is 10.9. The fourth-order valence-electron chi connectivity index (χ4n) is 0.610. The maximum absolute atomic E-state index is 10.5. The summed E-state index contributed by atoms with van der Waals surface area (Å²) in [5, 5.41) is 0. The third-order valence-electron chi connectivity index (χ3n) is 1.17. The standard InChI is InChI=1S/C6H11NO3S/c1-2-3-4-5-6-11(9,10)7-8/h2H,1,3-6H2. The van der Waals surface area contributed by atoms with Gasteiger partial charge in [-0.05, 0) is 19.3 Å². The molecule has 0 unspecified atom stereocenters. The summed E-state index contributed by atoms with van der Waals surface area (Å²) in [4.78, 5) is 9.63. The molecule has 0 rings (SSSR count). The van der Waals surface area contributed by atoms with Crippen LogP contribution in [0.3, 0.4) is 0 Å². The lowest BCUT2D eigenvalue weighted by Crippen LogP contribution is -2.00. The molecule has 0 aromatic carbocycles. The Balaban J connectivity index is 3.54. The number of hydrogen-bond donors (Lipinski definition) is 0. The van der Waals surface area contributed by atoms with Crippen LogP contribution in [-0.2, 0) is 10.0 Å². The monoisotopic (exact) mass is 177 g/mol. The first-order chi connectivity index (χ1) is 5.12. The number of rotatable bonds is 6. The third-order valence-corrected chi connectivity index (χ3v) is 2.21. The van der Waals surface area contributed by atoms with Crippen LogP contribution in [0.5, 0.6) is 0 Å². The minimum absolute atomic E-state index is 0.148. The van der Waals surface area contributed by atoms with Crippen LogP contribution in [0, 0.1) is 4.91 Å². The highest BCUT2D eigenvalue weighted by atomic mass is 32.2. The summed E-state index contributed by atoms with van der Waals surface area (Å²) in [5.41, 5.74) is 0. The number of allylic oxidation sites excluding steroid dienone is 1. The molecular weight excluding hydrogens is 166 g/mol. The first-order valence-corrected chi connectivity index (χ1v) is 4.91. The smallest absolute Gasteiger partial charge is 0.202 e. The van der Waals surface area contributed by atoms with E-state index in [0.29, 0.717) is 6.42 Å². The summed E-state index contributed by atoms with van der Waals surface area (Å²) < 4.78 is 22.9. The molecule has 0 saturated heterocycles. The molecule has 5 heteroatoms. The maximum Gasteiger partial charge on any atom is 0.288 e. The van der Waals surface area contributed by atoms with Gasteiger partial charge in [-0.1, -0.05) is 6.08 Å². The second-order valence-electron chi connectivity index (χ2n) is 2.15. The van der Waals surface area contributed by atoms with Gasteiger partial charge in [0.15, 0.2) is 0 Å². The van der Waals surface area contributed by atoms with Crippen molar-refractivity contribution >= 4 is 10.0 Å². The van der Waals surface area contributed by atoms with Gasteiger partial charge in [-0.3, -0.25) is 0 Å². The van der Waals surface area contributed by atoms with Gasteiger partial charge in [0, 0.05) is 0 Å². The Morgan fingerprint density at radius 3 is 2.45 bits per heavy atom. The molecule has 0 aliphatic heterocycles. The summed E-state index contributed by atoms with van der Waals surface area (Å²) in [7, 11) is -3.66. The predicted molar refractivity (Wildman–Crippen MR) is 43.6 cm³/mol. The van der Waals surface area contributed by atoms with E-state index in [1.165, 1.54) is 0 Å². The minimum Gasteiger partial charge on any atom is -0.202 e. The Hall–Kier alpha value is -0.710. The Kier molecular flexibility index (Phi) is 4.69. The molecule has 0 atom stereocenters. The summed E-state index contributed by atoms with van der Waals surface area (Å²) in [6, 6.07) is 0. The van der Waals surface area contributed by atoms with Crippen molar-refractivity contribution in [1.82, 2.24) is 0 Å². The average molecular weight is 177 g/mol. The van der Waals surface area contributed by atoms with E-state index in [-0.39, 0.29) is 5.75 Å². The molecule has 0 saturated carbocycles. The van der Waals surface area contributed by atoms with Gasteiger partial charge in [0.05, 0.1) is 10.3 Å². The average Bonchev–Trinajstić information content (AvgIpc) is 1.99. The van der Waals surface area contributed by atoms with E-state index < -0.39 is 10.0 Å². The number of nitroso groups, excluding NO2 is 1. The highest BCUT2D eigenvalue weighted by molar-refractivity contribution is 7.89. The molecule has 64 valence electrons. The molecule has 0 N–H and O–H groups in total. The van der Waals surface area contributed by atoms with E-state index >= 15 is 0 Å². The molecule has 0 fully saturated rings. The van der Waals surface area contributed by atoms with Crippen LogP contribution in [0.1, 0.15) is 19.3 Å². The van der Waals surface area contributed by atoms with Gasteiger partial charge in [0.25, 0.3) is 10.0 Å². The molecule has 0 aliphatic rings. The van der Waals surface area contributed by atoms with Crippen molar-refractivity contribution < 1.29 is 8.42 Å². The Morgan fingerprint density at radius 1 is 1.36 bits per heavy atom. The van der Waals surface area contributed by atoms with Crippen LogP contribution in [0.25, 0.3) is 0 Å². The minimum atomic E-state index is -3.66. The lowest BCUT2D eigenvalue weighted by molar-refractivity contribution is 0.593. The Bertz CT molecular complexity index is 220. The molecule has 0 aromatic heterocycles. The van der Waals surface area contributed by atoms with E-state index in [4.69, 9.17) is 0 Å². The summed E-state index contributed by atoms with van der Waals surface area (Å²) in [6.45, 7) is 3.48. The Labute approximate surface area is 66.3 Å². The molecule has 0 amide bonds. The third kappa shape index (κ3) is 5.72. The van der Waals surface area contributed by atoms with Crippen molar-refractivity contribution in [1.29, 1.82) is 0 Å². The highest BCUT2D eigenvalue weighted by Gasteiger charge is 2.07. The van der Waals surface area contributed by atoms with E-state index in [1.54, 1.807) is 6.08 Å². The van der Waals surface area contributed by atoms with Gasteiger partial charge < -0.3 is 0 Å². The predicted octanol–water partition coefficient (Wildman–Crippen LogP) is 1.44. The zero-order chi connectivity index (χ0) is 8.74. The van der Waals surface area contributed by atoms with Gasteiger partial charge in [-0.2, -0.15) is 0 Å². The van der Waals surface area contributed by atoms with Gasteiger partial charge in [0.1, 0.15) is 0 Å². The zero-order valence-corrected chi connectivity index (χ0v) is 7.01. The highest BCUT2D eigenvalue weighted by Crippen LogP contribution is 2.00. The Morgan fingerprint density at radius 2 is 2.00 bits per heavy atom. The van der Waals surface area contributed by atoms with Crippen LogP contribution >= 0.6 is 0 Å². The molecule has 11 heavy (non-hydrogen) atoms. The van der Waals surface area contributed by atoms with Crippen molar-refractivity contribution in [3.05, 3.63) is 17.6 Å². The quantitative estimate of drug-likeness (QED) is 0.350. The molecule has 0 spiro atoms. The topological polar surface area (TPSA) is 63.6 Å². The molecule has 0 aromatic rings. The molecule has 0 radical (unpaired) electrons. The van der Waals surface area contributed by atoms with Crippen molar-refractivity contribution in [3.63, 3.8) is 0 Å². The number of hydrogen-bond acceptors (Lipinski definition) is 3. The van der Waals surface area contributed by atoms with Gasteiger partial charge in [-0.15, -0.1) is 11.5 Å². The lowest BCUT2D eigenvalue weighted by atomic mass is 10.2.